The van der Waals surface area contributed by atoms with Crippen LogP contribution in [0.5, 0.6) is 0 Å². The van der Waals surface area contributed by atoms with E-state index in [0.717, 1.165) is 0 Å². The summed E-state index contributed by atoms with van der Waals surface area (Å²) in [6, 6.07) is -1.12. The van der Waals surface area contributed by atoms with Gasteiger partial charge < -0.3 is 21.5 Å². The molecule has 0 radical (unpaired) electrons. The molecule has 2 amide bonds. The van der Waals surface area contributed by atoms with Crippen molar-refractivity contribution >= 4 is 51.8 Å². The van der Waals surface area contributed by atoms with Gasteiger partial charge in [0, 0.05) is 16.1 Å². The van der Waals surface area contributed by atoms with E-state index in [1.54, 1.807) is 17.7 Å². The number of carboxylic acid groups (broad SMARTS) is 1. The molecule has 0 aliphatic carbocycles. The summed E-state index contributed by atoms with van der Waals surface area (Å²) >= 11 is 3.80. The molecule has 35 heavy (non-hydrogen) atoms. The molecule has 0 spiro atoms. The molecule has 13 heteroatoms. The van der Waals surface area contributed by atoms with Crippen LogP contribution in [-0.2, 0) is 0 Å². The van der Waals surface area contributed by atoms with Crippen LogP contribution in [0.25, 0.3) is 0 Å². The first-order chi connectivity index (χ1) is 16.5. The zero-order valence-corrected chi connectivity index (χ0v) is 22.4. The molecule has 0 aromatic carbocycles. The lowest BCUT2D eigenvalue weighted by Crippen LogP contribution is -2.32. The van der Waals surface area contributed by atoms with Gasteiger partial charge in [-0.2, -0.15) is 0 Å². The third-order valence-corrected chi connectivity index (χ3v) is 8.09. The predicted octanol–water partition coefficient (Wildman–Crippen LogP) is 4.03. The second-order valence-corrected chi connectivity index (χ2v) is 11.3. The Morgan fingerprint density at radius 3 is 1.80 bits per heavy atom. The number of amides is 2. The van der Waals surface area contributed by atoms with Gasteiger partial charge in [0.15, 0.2) is 5.69 Å². The van der Waals surface area contributed by atoms with Crippen LogP contribution in [0.1, 0.15) is 99.2 Å². The summed E-state index contributed by atoms with van der Waals surface area (Å²) in [5.41, 5.74) is 6.58. The quantitative estimate of drug-likeness (QED) is 0.302. The SMILES string of the molecule is CC(C)[C@H](N)c1nc(C(=O)N[C@@H](C)c2nc(C(=O)N[C@H](c3nc(C(=O)O)cs3)C(C)C)cs2)cs1. The number of nitrogens with two attached hydrogens (primary N) is 1. The van der Waals surface area contributed by atoms with Gasteiger partial charge in [-0.1, -0.05) is 27.7 Å². The number of carbonyl (C=O) groups excluding carboxylic acids is 2. The van der Waals surface area contributed by atoms with Gasteiger partial charge in [0.2, 0.25) is 0 Å². The van der Waals surface area contributed by atoms with Gasteiger partial charge in [-0.3, -0.25) is 9.59 Å². The van der Waals surface area contributed by atoms with Crippen LogP contribution in [0.15, 0.2) is 16.1 Å². The lowest BCUT2D eigenvalue weighted by Gasteiger charge is -2.19. The molecule has 3 atom stereocenters. The topological polar surface area (TPSA) is 160 Å². The predicted molar refractivity (Wildman–Crippen MR) is 136 cm³/mol. The molecule has 0 bridgehead atoms. The molecule has 0 saturated carbocycles. The van der Waals surface area contributed by atoms with E-state index >= 15 is 0 Å². The molecular formula is C22H28N6O4S3. The van der Waals surface area contributed by atoms with Crippen LogP contribution >= 0.6 is 34.0 Å². The summed E-state index contributed by atoms with van der Waals surface area (Å²) in [5.74, 6) is -1.66. The van der Waals surface area contributed by atoms with E-state index in [4.69, 9.17) is 10.8 Å². The van der Waals surface area contributed by atoms with Crippen molar-refractivity contribution in [2.75, 3.05) is 0 Å². The normalized spacial score (nSPS) is 14.1. The van der Waals surface area contributed by atoms with Gasteiger partial charge in [0.1, 0.15) is 26.4 Å². The zero-order valence-electron chi connectivity index (χ0n) is 19.9. The van der Waals surface area contributed by atoms with E-state index in [1.165, 1.54) is 39.4 Å². The summed E-state index contributed by atoms with van der Waals surface area (Å²) in [7, 11) is 0. The van der Waals surface area contributed by atoms with Crippen molar-refractivity contribution in [3.05, 3.63) is 48.2 Å². The number of aromatic carboxylic acids is 1. The molecule has 0 aliphatic rings. The van der Waals surface area contributed by atoms with Crippen LogP contribution in [0.3, 0.4) is 0 Å². The van der Waals surface area contributed by atoms with Gasteiger partial charge in [0.05, 0.1) is 18.1 Å². The Kier molecular flexibility index (Phi) is 8.70. The largest absolute Gasteiger partial charge is 0.476 e. The van der Waals surface area contributed by atoms with Crippen LogP contribution in [0, 0.1) is 11.8 Å². The Morgan fingerprint density at radius 2 is 1.26 bits per heavy atom. The number of thiazole rings is 3. The molecule has 5 N–H and O–H groups in total. The highest BCUT2D eigenvalue weighted by atomic mass is 32.1. The molecule has 3 rings (SSSR count). The number of hydrogen-bond acceptors (Lipinski definition) is 10. The summed E-state index contributed by atoms with van der Waals surface area (Å²) in [6.07, 6.45) is 0. The highest BCUT2D eigenvalue weighted by Crippen LogP contribution is 2.27. The van der Waals surface area contributed by atoms with Crippen molar-refractivity contribution in [1.29, 1.82) is 0 Å². The maximum Gasteiger partial charge on any atom is 0.355 e. The number of carboxylic acids is 1. The average Bonchev–Trinajstić information content (AvgIpc) is 3.56. The fourth-order valence-electron chi connectivity index (χ4n) is 3.01. The van der Waals surface area contributed by atoms with Gasteiger partial charge >= 0.3 is 5.97 Å². The van der Waals surface area contributed by atoms with Crippen molar-refractivity contribution in [3.63, 3.8) is 0 Å². The third-order valence-electron chi connectivity index (χ3n) is 5.19. The summed E-state index contributed by atoms with van der Waals surface area (Å²) in [6.45, 7) is 9.60. The van der Waals surface area contributed by atoms with Gasteiger partial charge in [-0.15, -0.1) is 34.0 Å². The third kappa shape index (κ3) is 6.48. The number of rotatable bonds is 10. The summed E-state index contributed by atoms with van der Waals surface area (Å²) < 4.78 is 0. The lowest BCUT2D eigenvalue weighted by atomic mass is 10.1. The molecule has 0 aliphatic heterocycles. The zero-order chi connectivity index (χ0) is 25.9. The first-order valence-electron chi connectivity index (χ1n) is 10.9. The van der Waals surface area contributed by atoms with Crippen LogP contribution in [0.4, 0.5) is 0 Å². The minimum Gasteiger partial charge on any atom is -0.476 e. The highest BCUT2D eigenvalue weighted by molar-refractivity contribution is 7.10. The van der Waals surface area contributed by atoms with Gasteiger partial charge in [-0.05, 0) is 18.8 Å². The molecule has 0 unspecified atom stereocenters. The second-order valence-electron chi connectivity index (χ2n) is 8.68. The van der Waals surface area contributed by atoms with E-state index in [1.807, 2.05) is 27.7 Å². The van der Waals surface area contributed by atoms with E-state index < -0.39 is 24.0 Å². The molecule has 3 aromatic heterocycles. The maximum atomic E-state index is 12.9. The minimum absolute atomic E-state index is 0.0186. The first-order valence-corrected chi connectivity index (χ1v) is 13.6. The molecular weight excluding hydrogens is 508 g/mol. The Bertz CT molecular complexity index is 1200. The highest BCUT2D eigenvalue weighted by Gasteiger charge is 2.26. The number of hydrogen-bond donors (Lipinski definition) is 4. The van der Waals surface area contributed by atoms with E-state index in [0.29, 0.717) is 20.7 Å². The number of aromatic nitrogens is 3. The van der Waals surface area contributed by atoms with Gasteiger partial charge in [-0.25, -0.2) is 19.7 Å². The van der Waals surface area contributed by atoms with Crippen LogP contribution in [0.2, 0.25) is 0 Å². The number of carbonyl (C=O) groups is 3. The van der Waals surface area contributed by atoms with Crippen LogP contribution in [-0.4, -0.2) is 37.8 Å². The summed E-state index contributed by atoms with van der Waals surface area (Å²) in [4.78, 5) is 49.5. The van der Waals surface area contributed by atoms with Crippen molar-refractivity contribution < 1.29 is 19.5 Å². The maximum absolute atomic E-state index is 12.9. The average molecular weight is 537 g/mol. The Balaban J connectivity index is 1.65. The van der Waals surface area contributed by atoms with Crippen molar-refractivity contribution in [2.24, 2.45) is 17.6 Å². The smallest absolute Gasteiger partial charge is 0.355 e. The molecule has 188 valence electrons. The lowest BCUT2D eigenvalue weighted by molar-refractivity contribution is 0.0690. The fourth-order valence-corrected chi connectivity index (χ4v) is 5.80. The molecule has 0 saturated heterocycles. The Hall–Kier alpha value is -2.74. The molecule has 0 fully saturated rings. The Labute approximate surface area is 215 Å². The van der Waals surface area contributed by atoms with E-state index in [2.05, 4.69) is 25.6 Å². The number of nitrogens with one attached hydrogen (secondary N) is 2. The van der Waals surface area contributed by atoms with Crippen molar-refractivity contribution in [3.8, 4) is 0 Å². The van der Waals surface area contributed by atoms with Gasteiger partial charge in [0.25, 0.3) is 11.8 Å². The standard InChI is InChI=1S/C22H28N6O4S3/c1-9(2)15(23)20-26-12(7-34-20)17(29)24-11(5)19-25-13(6-33-19)18(30)28-16(10(3)4)21-27-14(8-35-21)22(31)32/h6-11,15-16H,23H2,1-5H3,(H,24,29)(H,28,30)(H,31,32)/t11-,15-,16-/m0/s1. The molecule has 3 heterocycles. The summed E-state index contributed by atoms with van der Waals surface area (Å²) in [5, 5.41) is 21.4. The fraction of sp³-hybridized carbons (Fsp3) is 0.455. The van der Waals surface area contributed by atoms with Crippen LogP contribution < -0.4 is 16.4 Å². The molecule has 10 nitrogen and oxygen atoms in total. The van der Waals surface area contributed by atoms with Crippen molar-refractivity contribution in [1.82, 2.24) is 25.6 Å². The monoisotopic (exact) mass is 536 g/mol. The van der Waals surface area contributed by atoms with Crippen molar-refractivity contribution in [2.45, 2.75) is 52.7 Å². The van der Waals surface area contributed by atoms with E-state index in [-0.39, 0.29) is 35.2 Å². The minimum atomic E-state index is -1.11. The number of nitrogens with zero attached hydrogens (tertiary/aromatic N) is 3. The second kappa shape index (κ2) is 11.3. The first kappa shape index (κ1) is 26.9. The Morgan fingerprint density at radius 1 is 0.771 bits per heavy atom. The molecule has 3 aromatic rings. The van der Waals surface area contributed by atoms with E-state index in [9.17, 15) is 14.4 Å².